The van der Waals surface area contributed by atoms with Crippen molar-refractivity contribution in [2.75, 3.05) is 0 Å². The minimum atomic E-state index is -0.120. The smallest absolute Gasteiger partial charge is 0.140 e. The van der Waals surface area contributed by atoms with Crippen LogP contribution in [0.25, 0.3) is 0 Å². The molecule has 2 heteroatoms. The fourth-order valence-corrected chi connectivity index (χ4v) is 0.607. The predicted octanol–water partition coefficient (Wildman–Crippen LogP) is 1.23. The lowest BCUT2D eigenvalue weighted by molar-refractivity contribution is -0.114. The highest BCUT2D eigenvalue weighted by molar-refractivity contribution is 5.84. The largest absolute Gasteiger partial charge is 0.469 e. The number of carbonyl (C=O) groups excluding carboxylic acids is 1. The topological polar surface area (TPSA) is 30.2 Å². The Balaban J connectivity index is 2.58. The molecular formula is C7H7O2. The Labute approximate surface area is 53.5 Å². The number of rotatable bonds is 2. The molecule has 1 radical (unpaired) electrons. The van der Waals surface area contributed by atoms with Crippen molar-refractivity contribution >= 4 is 5.78 Å². The van der Waals surface area contributed by atoms with E-state index in [1.807, 2.05) is 0 Å². The molecule has 0 amide bonds. The van der Waals surface area contributed by atoms with Crippen LogP contribution in [-0.4, -0.2) is 5.78 Å². The summed E-state index contributed by atoms with van der Waals surface area (Å²) < 4.78 is 4.88. The molecule has 0 N–H and O–H groups in total. The van der Waals surface area contributed by atoms with Gasteiger partial charge in [-0.25, -0.2) is 0 Å². The minimum Gasteiger partial charge on any atom is -0.469 e. The molecule has 1 aromatic rings. The second kappa shape index (κ2) is 2.49. The molecule has 47 valence electrons. The monoisotopic (exact) mass is 123 g/mol. The molecule has 1 aromatic heterocycles. The van der Waals surface area contributed by atoms with Crippen molar-refractivity contribution in [2.45, 2.75) is 6.42 Å². The molecule has 9 heavy (non-hydrogen) atoms. The lowest BCUT2D eigenvalue weighted by atomic mass is 10.2. The maximum atomic E-state index is 10.3. The Bertz CT molecular complexity index is 187. The molecule has 1 rings (SSSR count). The van der Waals surface area contributed by atoms with Gasteiger partial charge < -0.3 is 4.42 Å². The predicted molar refractivity (Wildman–Crippen MR) is 32.8 cm³/mol. The van der Waals surface area contributed by atoms with Gasteiger partial charge in [-0.05, 0) is 12.1 Å². The van der Waals surface area contributed by atoms with Crippen molar-refractivity contribution in [3.63, 3.8) is 0 Å². The highest BCUT2D eigenvalue weighted by Gasteiger charge is 1.97. The summed E-state index contributed by atoms with van der Waals surface area (Å²) in [6.45, 7) is 3.21. The number of furan rings is 1. The normalized spacial score (nSPS) is 9.44. The molecule has 0 fully saturated rings. The number of Topliss-reactive ketones (excluding diaryl/α,β-unsaturated/α-hetero) is 1. The van der Waals surface area contributed by atoms with Crippen molar-refractivity contribution in [1.82, 2.24) is 0 Å². The molecule has 0 spiro atoms. The summed E-state index contributed by atoms with van der Waals surface area (Å²) in [6, 6.07) is 3.50. The van der Waals surface area contributed by atoms with E-state index in [9.17, 15) is 4.79 Å². The van der Waals surface area contributed by atoms with Crippen molar-refractivity contribution in [3.8, 4) is 0 Å². The molecule has 2 nitrogen and oxygen atoms in total. The van der Waals surface area contributed by atoms with E-state index in [-0.39, 0.29) is 5.78 Å². The van der Waals surface area contributed by atoms with Crippen molar-refractivity contribution in [3.05, 3.63) is 31.1 Å². The van der Waals surface area contributed by atoms with Crippen LogP contribution in [0.5, 0.6) is 0 Å². The number of hydrogen-bond donors (Lipinski definition) is 0. The van der Waals surface area contributed by atoms with Crippen LogP contribution in [0.1, 0.15) is 5.76 Å². The molecule has 0 aliphatic heterocycles. The van der Waals surface area contributed by atoms with Gasteiger partial charge in [-0.2, -0.15) is 0 Å². The molecule has 0 bridgehead atoms. The van der Waals surface area contributed by atoms with Gasteiger partial charge in [0.2, 0.25) is 0 Å². The van der Waals surface area contributed by atoms with Crippen LogP contribution in [0.4, 0.5) is 0 Å². The molecule has 0 atom stereocenters. The average molecular weight is 123 g/mol. The SMILES string of the molecule is [CH2]C(=O)Cc1ccco1. The van der Waals surface area contributed by atoms with Crippen LogP contribution >= 0.6 is 0 Å². The summed E-state index contributed by atoms with van der Waals surface area (Å²) in [6.07, 6.45) is 1.84. The zero-order chi connectivity index (χ0) is 6.69. The van der Waals surface area contributed by atoms with Crippen LogP contribution < -0.4 is 0 Å². The standard InChI is InChI=1S/C7H7O2/c1-6(8)5-7-3-2-4-9-7/h2-4H,1,5H2. The third kappa shape index (κ3) is 1.72. The summed E-state index contributed by atoms with van der Waals surface area (Å²) in [5.41, 5.74) is 0. The average Bonchev–Trinajstić information content (AvgIpc) is 2.15. The quantitative estimate of drug-likeness (QED) is 0.592. The van der Waals surface area contributed by atoms with E-state index in [4.69, 9.17) is 4.42 Å². The summed E-state index contributed by atoms with van der Waals surface area (Å²) in [5, 5.41) is 0. The van der Waals surface area contributed by atoms with Crippen LogP contribution in [0.3, 0.4) is 0 Å². The Hall–Kier alpha value is -1.05. The maximum Gasteiger partial charge on any atom is 0.140 e. The molecule has 0 aliphatic carbocycles. The highest BCUT2D eigenvalue weighted by Crippen LogP contribution is 2.00. The van der Waals surface area contributed by atoms with E-state index in [2.05, 4.69) is 6.92 Å². The van der Waals surface area contributed by atoms with Gasteiger partial charge in [-0.1, -0.05) is 0 Å². The van der Waals surface area contributed by atoms with E-state index in [1.165, 1.54) is 6.26 Å². The van der Waals surface area contributed by atoms with Gasteiger partial charge in [0.15, 0.2) is 0 Å². The first-order valence-electron chi connectivity index (χ1n) is 2.66. The number of carbonyl (C=O) groups is 1. The van der Waals surface area contributed by atoms with E-state index in [0.717, 1.165) is 0 Å². The van der Waals surface area contributed by atoms with E-state index >= 15 is 0 Å². The second-order valence-corrected chi connectivity index (χ2v) is 1.79. The van der Waals surface area contributed by atoms with E-state index in [1.54, 1.807) is 12.1 Å². The van der Waals surface area contributed by atoms with Gasteiger partial charge in [-0.3, -0.25) is 4.79 Å². The summed E-state index contributed by atoms with van der Waals surface area (Å²) in [4.78, 5) is 10.3. The number of ketones is 1. The van der Waals surface area contributed by atoms with E-state index < -0.39 is 0 Å². The Morgan fingerprint density at radius 2 is 2.56 bits per heavy atom. The molecule has 0 unspecified atom stereocenters. The zero-order valence-electron chi connectivity index (χ0n) is 4.96. The first-order chi connectivity index (χ1) is 4.29. The zero-order valence-corrected chi connectivity index (χ0v) is 4.96. The Morgan fingerprint density at radius 3 is 3.00 bits per heavy atom. The lowest BCUT2D eigenvalue weighted by Gasteiger charge is -1.86. The summed E-state index contributed by atoms with van der Waals surface area (Å²) >= 11 is 0. The van der Waals surface area contributed by atoms with Gasteiger partial charge in [0.1, 0.15) is 11.5 Å². The van der Waals surface area contributed by atoms with E-state index in [0.29, 0.717) is 12.2 Å². The van der Waals surface area contributed by atoms with Crippen molar-refractivity contribution < 1.29 is 9.21 Å². The molecular weight excluding hydrogens is 116 g/mol. The van der Waals surface area contributed by atoms with Gasteiger partial charge in [-0.15, -0.1) is 0 Å². The van der Waals surface area contributed by atoms with Crippen LogP contribution in [0, 0.1) is 6.92 Å². The van der Waals surface area contributed by atoms with Crippen molar-refractivity contribution in [1.29, 1.82) is 0 Å². The van der Waals surface area contributed by atoms with Gasteiger partial charge in [0.25, 0.3) is 0 Å². The Morgan fingerprint density at radius 1 is 1.78 bits per heavy atom. The first-order valence-corrected chi connectivity index (χ1v) is 2.66. The lowest BCUT2D eigenvalue weighted by Crippen LogP contribution is -1.93. The number of hydrogen-bond acceptors (Lipinski definition) is 2. The first kappa shape index (κ1) is 6.08. The van der Waals surface area contributed by atoms with Gasteiger partial charge >= 0.3 is 0 Å². The fraction of sp³-hybridized carbons (Fsp3) is 0.143. The molecule has 0 aliphatic rings. The van der Waals surface area contributed by atoms with Gasteiger partial charge in [0.05, 0.1) is 12.7 Å². The maximum absolute atomic E-state index is 10.3. The molecule has 1 heterocycles. The van der Waals surface area contributed by atoms with Crippen molar-refractivity contribution in [2.24, 2.45) is 0 Å². The minimum absolute atomic E-state index is 0.120. The molecule has 0 saturated heterocycles. The third-order valence-electron chi connectivity index (χ3n) is 0.952. The summed E-state index contributed by atoms with van der Waals surface area (Å²) in [7, 11) is 0. The molecule has 0 saturated carbocycles. The van der Waals surface area contributed by atoms with Crippen LogP contribution in [0.15, 0.2) is 22.8 Å². The summed E-state index contributed by atoms with van der Waals surface area (Å²) in [5.74, 6) is 0.556. The third-order valence-corrected chi connectivity index (χ3v) is 0.952. The van der Waals surface area contributed by atoms with Crippen LogP contribution in [0.2, 0.25) is 0 Å². The highest BCUT2D eigenvalue weighted by atomic mass is 16.3. The fourth-order valence-electron chi connectivity index (χ4n) is 0.607. The van der Waals surface area contributed by atoms with Crippen LogP contribution in [-0.2, 0) is 11.2 Å². The Kier molecular flexibility index (Phi) is 1.68. The molecule has 0 aromatic carbocycles. The van der Waals surface area contributed by atoms with Gasteiger partial charge in [0, 0.05) is 6.92 Å². The second-order valence-electron chi connectivity index (χ2n) is 1.79.